The van der Waals surface area contributed by atoms with Crippen molar-refractivity contribution < 1.29 is 61.6 Å². The topological polar surface area (TPSA) is 110 Å². The summed E-state index contributed by atoms with van der Waals surface area (Å²) >= 11 is 0. The summed E-state index contributed by atoms with van der Waals surface area (Å²) in [7, 11) is -2.98. The van der Waals surface area contributed by atoms with Crippen molar-refractivity contribution in [2.24, 2.45) is 0 Å². The van der Waals surface area contributed by atoms with Crippen molar-refractivity contribution in [2.45, 2.75) is 11.7 Å². The predicted molar refractivity (Wildman–Crippen MR) is 42.1 cm³/mol. The first kappa shape index (κ1) is 17.3. The maximum absolute atomic E-state index is 10.8. The average molecular weight is 248 g/mol. The van der Waals surface area contributed by atoms with Crippen LogP contribution in [0, 0.1) is 0 Å². The molecule has 1 unspecified atom stereocenters. The Kier molecular flexibility index (Phi) is 8.25. The second kappa shape index (κ2) is 7.18. The summed E-state index contributed by atoms with van der Waals surface area (Å²) in [4.78, 5) is 21.5. The van der Waals surface area contributed by atoms with Crippen LogP contribution in [-0.4, -0.2) is 44.4 Å². The van der Waals surface area contributed by atoms with Gasteiger partial charge in [-0.15, -0.1) is 0 Å². The first-order chi connectivity index (χ1) is 6.32. The molecule has 0 aliphatic rings. The third-order valence-corrected chi connectivity index (χ3v) is 2.45. The minimum Gasteiger partial charge on any atom is -0.747 e. The molecule has 0 saturated carbocycles. The number of hydrogen-bond acceptors (Lipinski definition) is 7. The fourth-order valence-corrected chi connectivity index (χ4v) is 1.34. The Labute approximate surface area is 109 Å². The summed E-state index contributed by atoms with van der Waals surface area (Å²) in [5.41, 5.74) is 0. The van der Waals surface area contributed by atoms with Crippen molar-refractivity contribution in [1.82, 2.24) is 0 Å². The summed E-state index contributed by atoms with van der Waals surface area (Å²) in [5.74, 6) is -2.25. The molecule has 0 aromatic rings. The van der Waals surface area contributed by atoms with Crippen molar-refractivity contribution >= 4 is 22.1 Å². The number of ether oxygens (including phenoxy) is 2. The second-order valence-corrected chi connectivity index (χ2v) is 3.84. The molecule has 0 aliphatic carbocycles. The van der Waals surface area contributed by atoms with Crippen LogP contribution in [0.25, 0.3) is 0 Å². The summed E-state index contributed by atoms with van der Waals surface area (Å²) in [6.07, 6.45) is -0.838. The fourth-order valence-electron chi connectivity index (χ4n) is 0.669. The van der Waals surface area contributed by atoms with Gasteiger partial charge in [0.2, 0.25) is 0 Å². The van der Waals surface area contributed by atoms with E-state index in [9.17, 15) is 22.6 Å². The number of carbonyl (C=O) groups is 2. The summed E-state index contributed by atoms with van der Waals surface area (Å²) in [6.45, 7) is 0. The molecular weight excluding hydrogens is 239 g/mol. The molecule has 0 N–H and O–H groups in total. The van der Waals surface area contributed by atoms with E-state index in [-0.39, 0.29) is 29.6 Å². The number of methoxy groups -OCH3 is 2. The van der Waals surface area contributed by atoms with E-state index in [4.69, 9.17) is 0 Å². The zero-order valence-electron chi connectivity index (χ0n) is 8.55. The van der Waals surface area contributed by atoms with Crippen LogP contribution in [0.15, 0.2) is 0 Å². The van der Waals surface area contributed by atoms with Crippen molar-refractivity contribution in [3.8, 4) is 0 Å². The fraction of sp³-hybridized carbons (Fsp3) is 0.667. The molecule has 0 bridgehead atoms. The van der Waals surface area contributed by atoms with Gasteiger partial charge in [-0.2, -0.15) is 0 Å². The van der Waals surface area contributed by atoms with Gasteiger partial charge in [-0.1, -0.05) is 0 Å². The Morgan fingerprint density at radius 1 is 1.27 bits per heavy atom. The van der Waals surface area contributed by atoms with Crippen LogP contribution in [0.4, 0.5) is 0 Å². The minimum atomic E-state index is -4.91. The molecule has 0 aliphatic heterocycles. The Balaban J connectivity index is 0. The molecule has 15 heavy (non-hydrogen) atoms. The van der Waals surface area contributed by atoms with E-state index >= 15 is 0 Å². The van der Waals surface area contributed by atoms with Gasteiger partial charge in [0.15, 0.2) is 5.25 Å². The van der Waals surface area contributed by atoms with E-state index in [1.807, 2.05) is 0 Å². The van der Waals surface area contributed by atoms with E-state index in [0.29, 0.717) is 0 Å². The minimum absolute atomic E-state index is 0. The summed E-state index contributed by atoms with van der Waals surface area (Å²) < 4.78 is 39.7. The van der Waals surface area contributed by atoms with Crippen LogP contribution in [0.3, 0.4) is 0 Å². The number of carbonyl (C=O) groups excluding carboxylic acids is 2. The molecule has 0 spiro atoms. The number of rotatable bonds is 4. The van der Waals surface area contributed by atoms with Gasteiger partial charge in [-0.05, 0) is 0 Å². The Bertz CT molecular complexity index is 322. The van der Waals surface area contributed by atoms with Crippen LogP contribution >= 0.6 is 0 Å². The Morgan fingerprint density at radius 2 is 1.73 bits per heavy atom. The standard InChI is InChI=1S/C6H10O7S.Na/c1-12-5(7)3-4(6(8)13-2)14(9,10)11;/h4H,3H2,1-2H3,(H,9,10,11);/q;+1/p-1. The van der Waals surface area contributed by atoms with Crippen molar-refractivity contribution in [2.75, 3.05) is 14.2 Å². The first-order valence-electron chi connectivity index (χ1n) is 3.42. The Hall–Kier alpha value is -0.150. The van der Waals surface area contributed by atoms with Gasteiger partial charge in [0.25, 0.3) is 0 Å². The zero-order chi connectivity index (χ0) is 11.4. The molecule has 0 rings (SSSR count). The molecule has 0 aromatic carbocycles. The smallest absolute Gasteiger partial charge is 0.747 e. The number of hydrogen-bond donors (Lipinski definition) is 0. The van der Waals surface area contributed by atoms with Gasteiger partial charge in [0, 0.05) is 0 Å². The molecule has 0 amide bonds. The molecule has 1 atom stereocenters. The van der Waals surface area contributed by atoms with Crippen LogP contribution in [0.1, 0.15) is 6.42 Å². The van der Waals surface area contributed by atoms with Crippen LogP contribution < -0.4 is 29.6 Å². The van der Waals surface area contributed by atoms with E-state index in [1.54, 1.807) is 0 Å². The molecule has 0 saturated heterocycles. The van der Waals surface area contributed by atoms with Crippen molar-refractivity contribution in [1.29, 1.82) is 0 Å². The van der Waals surface area contributed by atoms with E-state index < -0.39 is 33.7 Å². The molecule has 9 heteroatoms. The Morgan fingerprint density at radius 3 is 2.00 bits per heavy atom. The van der Waals surface area contributed by atoms with Gasteiger partial charge in [-0.3, -0.25) is 9.59 Å². The van der Waals surface area contributed by atoms with E-state index in [0.717, 1.165) is 14.2 Å². The molecular formula is C6H9NaO7S. The van der Waals surface area contributed by atoms with Crippen molar-refractivity contribution in [3.63, 3.8) is 0 Å². The van der Waals surface area contributed by atoms with Gasteiger partial charge in [0.05, 0.1) is 20.6 Å². The number of esters is 2. The quantitative estimate of drug-likeness (QED) is 0.281. The summed E-state index contributed by atoms with van der Waals surface area (Å²) in [6, 6.07) is 0. The largest absolute Gasteiger partial charge is 1.00 e. The van der Waals surface area contributed by atoms with Crippen molar-refractivity contribution in [3.05, 3.63) is 0 Å². The van der Waals surface area contributed by atoms with Gasteiger partial charge in [-0.25, -0.2) is 8.42 Å². The normalized spacial score (nSPS) is 12.2. The molecule has 0 fully saturated rings. The maximum Gasteiger partial charge on any atom is 1.00 e. The molecule has 7 nitrogen and oxygen atoms in total. The summed E-state index contributed by atoms with van der Waals surface area (Å²) in [5, 5.41) is -2.04. The van der Waals surface area contributed by atoms with Crippen LogP contribution in [0.5, 0.6) is 0 Å². The third kappa shape index (κ3) is 6.10. The SMILES string of the molecule is COC(=O)CC(C(=O)OC)S(=O)(=O)[O-].[Na+]. The average Bonchev–Trinajstić information content (AvgIpc) is 2.10. The van der Waals surface area contributed by atoms with E-state index in [1.165, 1.54) is 0 Å². The molecule has 0 aromatic heterocycles. The first-order valence-corrected chi connectivity index (χ1v) is 4.89. The molecule has 0 heterocycles. The molecule has 82 valence electrons. The van der Waals surface area contributed by atoms with Gasteiger partial charge >= 0.3 is 41.5 Å². The second-order valence-electron chi connectivity index (χ2n) is 2.28. The van der Waals surface area contributed by atoms with E-state index in [2.05, 4.69) is 9.47 Å². The molecule has 0 radical (unpaired) electrons. The third-order valence-electron chi connectivity index (χ3n) is 1.39. The monoisotopic (exact) mass is 248 g/mol. The predicted octanol–water partition coefficient (Wildman–Crippen LogP) is -4.36. The van der Waals surface area contributed by atoms with Crippen LogP contribution in [0.2, 0.25) is 0 Å². The van der Waals surface area contributed by atoms with Gasteiger partial charge < -0.3 is 14.0 Å². The maximum atomic E-state index is 10.8. The van der Waals surface area contributed by atoms with Gasteiger partial charge in [0.1, 0.15) is 10.1 Å². The zero-order valence-corrected chi connectivity index (χ0v) is 11.4. The van der Waals surface area contributed by atoms with Crippen LogP contribution in [-0.2, 0) is 29.2 Å².